The molecule has 0 bridgehead atoms. The van der Waals surface area contributed by atoms with Gasteiger partial charge in [0.05, 0.1) is 12.2 Å². The van der Waals surface area contributed by atoms with Gasteiger partial charge in [0.15, 0.2) is 0 Å². The molecule has 6 nitrogen and oxygen atoms in total. The second-order valence-corrected chi connectivity index (χ2v) is 4.79. The maximum absolute atomic E-state index is 11.4. The SMILES string of the molecule is CC1C[C@@H](O)[C@H](O)/C=C/C(=O)O[C@H](C)C/C=C/C(=O)O1. The first-order valence-corrected chi connectivity index (χ1v) is 6.50. The van der Waals surface area contributed by atoms with Gasteiger partial charge in [-0.2, -0.15) is 0 Å². The molecule has 1 aliphatic heterocycles. The highest BCUT2D eigenvalue weighted by Crippen LogP contribution is 2.09. The first-order chi connectivity index (χ1) is 9.38. The third-order valence-electron chi connectivity index (χ3n) is 2.75. The van der Waals surface area contributed by atoms with Gasteiger partial charge in [0.25, 0.3) is 0 Å². The summed E-state index contributed by atoms with van der Waals surface area (Å²) in [5, 5.41) is 19.4. The Bertz CT molecular complexity index is 400. The fourth-order valence-electron chi connectivity index (χ4n) is 1.71. The van der Waals surface area contributed by atoms with Crippen LogP contribution in [-0.4, -0.2) is 46.6 Å². The summed E-state index contributed by atoms with van der Waals surface area (Å²) in [7, 11) is 0. The van der Waals surface area contributed by atoms with Crippen molar-refractivity contribution in [2.75, 3.05) is 0 Å². The van der Waals surface area contributed by atoms with Crippen LogP contribution in [0.15, 0.2) is 24.3 Å². The molecule has 1 unspecified atom stereocenters. The van der Waals surface area contributed by atoms with E-state index in [0.29, 0.717) is 6.42 Å². The van der Waals surface area contributed by atoms with Crippen molar-refractivity contribution in [2.24, 2.45) is 0 Å². The first-order valence-electron chi connectivity index (χ1n) is 6.50. The molecule has 0 spiro atoms. The van der Waals surface area contributed by atoms with Crippen LogP contribution in [0.1, 0.15) is 26.7 Å². The van der Waals surface area contributed by atoms with Gasteiger partial charge in [0, 0.05) is 25.0 Å². The molecular weight excluding hydrogens is 264 g/mol. The van der Waals surface area contributed by atoms with Crippen molar-refractivity contribution in [1.82, 2.24) is 0 Å². The Morgan fingerprint density at radius 3 is 2.35 bits per heavy atom. The number of aliphatic hydroxyl groups excluding tert-OH is 2. The van der Waals surface area contributed by atoms with Crippen LogP contribution in [-0.2, 0) is 19.1 Å². The van der Waals surface area contributed by atoms with Crippen LogP contribution in [0.4, 0.5) is 0 Å². The number of rotatable bonds is 0. The number of ether oxygens (including phenoxy) is 2. The van der Waals surface area contributed by atoms with Crippen molar-refractivity contribution in [2.45, 2.75) is 51.1 Å². The zero-order valence-corrected chi connectivity index (χ0v) is 11.6. The lowest BCUT2D eigenvalue weighted by Gasteiger charge is -2.19. The smallest absolute Gasteiger partial charge is 0.330 e. The van der Waals surface area contributed by atoms with E-state index in [9.17, 15) is 19.8 Å². The predicted octanol–water partition coefficient (Wildman–Crippen LogP) is 0.478. The van der Waals surface area contributed by atoms with Gasteiger partial charge in [-0.05, 0) is 19.9 Å². The van der Waals surface area contributed by atoms with Gasteiger partial charge in [-0.3, -0.25) is 0 Å². The van der Waals surface area contributed by atoms with E-state index < -0.39 is 36.4 Å². The summed E-state index contributed by atoms with van der Waals surface area (Å²) in [6, 6.07) is 0. The lowest BCUT2D eigenvalue weighted by molar-refractivity contribution is -0.144. The molecule has 0 radical (unpaired) electrons. The zero-order valence-electron chi connectivity index (χ0n) is 11.6. The summed E-state index contributed by atoms with van der Waals surface area (Å²) < 4.78 is 10.1. The normalized spacial score (nSPS) is 36.4. The minimum absolute atomic E-state index is 0.0660. The quantitative estimate of drug-likeness (QED) is 0.628. The maximum atomic E-state index is 11.4. The second kappa shape index (κ2) is 7.81. The summed E-state index contributed by atoms with van der Waals surface area (Å²) in [6.45, 7) is 3.30. The van der Waals surface area contributed by atoms with Crippen LogP contribution < -0.4 is 0 Å². The highest BCUT2D eigenvalue weighted by Gasteiger charge is 2.19. The van der Waals surface area contributed by atoms with Crippen molar-refractivity contribution in [3.8, 4) is 0 Å². The van der Waals surface area contributed by atoms with Crippen molar-refractivity contribution < 1.29 is 29.3 Å². The van der Waals surface area contributed by atoms with E-state index in [-0.39, 0.29) is 6.42 Å². The molecule has 0 amide bonds. The van der Waals surface area contributed by atoms with Gasteiger partial charge in [-0.1, -0.05) is 6.08 Å². The lowest BCUT2D eigenvalue weighted by atomic mass is 10.1. The van der Waals surface area contributed by atoms with E-state index >= 15 is 0 Å². The number of esters is 2. The summed E-state index contributed by atoms with van der Waals surface area (Å²) in [5.74, 6) is -1.14. The standard InChI is InChI=1S/C14H20O6/c1-9-4-3-5-13(17)20-10(2)8-12(16)11(15)6-7-14(18)19-9/h3,5-7,9-12,15-16H,4,8H2,1-2H3/b5-3+,7-6+/t9-,10?,11-,12-/m1/s1. The Morgan fingerprint density at radius 2 is 1.65 bits per heavy atom. The van der Waals surface area contributed by atoms with Gasteiger partial charge in [-0.25, -0.2) is 9.59 Å². The molecule has 0 aliphatic carbocycles. The molecule has 1 rings (SSSR count). The fourth-order valence-corrected chi connectivity index (χ4v) is 1.71. The maximum Gasteiger partial charge on any atom is 0.330 e. The van der Waals surface area contributed by atoms with Gasteiger partial charge in [-0.15, -0.1) is 0 Å². The van der Waals surface area contributed by atoms with Gasteiger partial charge < -0.3 is 19.7 Å². The second-order valence-electron chi connectivity index (χ2n) is 4.79. The van der Waals surface area contributed by atoms with Crippen LogP contribution in [0.25, 0.3) is 0 Å². The largest absolute Gasteiger partial charge is 0.459 e. The summed E-state index contributed by atoms with van der Waals surface area (Å²) >= 11 is 0. The molecule has 1 heterocycles. The Hall–Kier alpha value is -1.66. The number of cyclic esters (lactones) is 2. The van der Waals surface area contributed by atoms with E-state index in [1.807, 2.05) is 0 Å². The van der Waals surface area contributed by atoms with Crippen molar-refractivity contribution in [3.05, 3.63) is 24.3 Å². The molecule has 6 heteroatoms. The molecule has 0 saturated carbocycles. The number of hydrogen-bond donors (Lipinski definition) is 2. The number of hydrogen-bond acceptors (Lipinski definition) is 6. The van der Waals surface area contributed by atoms with E-state index in [4.69, 9.17) is 9.47 Å². The fraction of sp³-hybridized carbons (Fsp3) is 0.571. The molecule has 4 atom stereocenters. The number of aliphatic hydroxyl groups is 2. The van der Waals surface area contributed by atoms with E-state index in [2.05, 4.69) is 0 Å². The molecule has 0 fully saturated rings. The number of carbonyl (C=O) groups is 2. The Balaban J connectivity index is 2.79. The average Bonchev–Trinajstić information content (AvgIpc) is 2.34. The Morgan fingerprint density at radius 1 is 1.05 bits per heavy atom. The highest BCUT2D eigenvalue weighted by atomic mass is 16.5. The minimum Gasteiger partial charge on any atom is -0.459 e. The van der Waals surface area contributed by atoms with E-state index in [0.717, 1.165) is 12.2 Å². The predicted molar refractivity (Wildman–Crippen MR) is 70.6 cm³/mol. The summed E-state index contributed by atoms with van der Waals surface area (Å²) in [4.78, 5) is 22.9. The molecule has 0 aromatic heterocycles. The van der Waals surface area contributed by atoms with Crippen LogP contribution >= 0.6 is 0 Å². The summed E-state index contributed by atoms with van der Waals surface area (Å²) in [5.41, 5.74) is 0. The van der Waals surface area contributed by atoms with Crippen LogP contribution in [0.3, 0.4) is 0 Å². The molecule has 0 aromatic carbocycles. The van der Waals surface area contributed by atoms with Crippen LogP contribution in [0, 0.1) is 0 Å². The molecule has 112 valence electrons. The zero-order chi connectivity index (χ0) is 15.1. The van der Waals surface area contributed by atoms with Gasteiger partial charge >= 0.3 is 11.9 Å². The van der Waals surface area contributed by atoms with Gasteiger partial charge in [0.2, 0.25) is 0 Å². The summed E-state index contributed by atoms with van der Waals surface area (Å²) in [6.07, 6.45) is 2.20. The molecular formula is C14H20O6. The molecule has 0 saturated heterocycles. The molecule has 2 N–H and O–H groups in total. The van der Waals surface area contributed by atoms with Crippen molar-refractivity contribution >= 4 is 11.9 Å². The minimum atomic E-state index is -1.22. The number of carbonyl (C=O) groups excluding carboxylic acids is 2. The molecule has 1 aliphatic rings. The highest BCUT2D eigenvalue weighted by molar-refractivity contribution is 5.82. The Labute approximate surface area is 117 Å². The molecule has 0 aromatic rings. The monoisotopic (exact) mass is 284 g/mol. The average molecular weight is 284 g/mol. The van der Waals surface area contributed by atoms with E-state index in [1.165, 1.54) is 6.08 Å². The topological polar surface area (TPSA) is 93.1 Å². The molecule has 20 heavy (non-hydrogen) atoms. The lowest BCUT2D eigenvalue weighted by Crippen LogP contribution is -2.29. The van der Waals surface area contributed by atoms with E-state index in [1.54, 1.807) is 19.9 Å². The first kappa shape index (κ1) is 16.4. The third kappa shape index (κ3) is 5.99. The van der Waals surface area contributed by atoms with Crippen LogP contribution in [0.5, 0.6) is 0 Å². The van der Waals surface area contributed by atoms with Crippen LogP contribution in [0.2, 0.25) is 0 Å². The van der Waals surface area contributed by atoms with Crippen molar-refractivity contribution in [3.63, 3.8) is 0 Å². The third-order valence-corrected chi connectivity index (χ3v) is 2.75. The van der Waals surface area contributed by atoms with Gasteiger partial charge in [0.1, 0.15) is 12.2 Å². The Kier molecular flexibility index (Phi) is 6.41. The van der Waals surface area contributed by atoms with Crippen molar-refractivity contribution in [1.29, 1.82) is 0 Å².